The van der Waals surface area contributed by atoms with Crippen molar-refractivity contribution >= 4 is 15.8 Å². The molecule has 0 aliphatic rings. The minimum absolute atomic E-state index is 0.0153. The summed E-state index contributed by atoms with van der Waals surface area (Å²) in [5.41, 5.74) is 0. The summed E-state index contributed by atoms with van der Waals surface area (Å²) in [4.78, 5) is 11.4. The Hall–Kier alpha value is -1.30. The van der Waals surface area contributed by atoms with Crippen molar-refractivity contribution in [1.29, 1.82) is 0 Å². The van der Waals surface area contributed by atoms with Gasteiger partial charge in [0.1, 0.15) is 0 Å². The SMILES string of the molecule is C#CCCCCCC(F)(C(=O)OC)S(=O)(=O)CCC(F)(F)F. The second-order valence-electron chi connectivity index (χ2n) is 4.67. The molecule has 0 amide bonds. The number of sulfone groups is 1. The Morgan fingerprint density at radius 2 is 1.73 bits per heavy atom. The summed E-state index contributed by atoms with van der Waals surface area (Å²) in [7, 11) is -4.19. The molecular formula is C13H18F4O4S. The van der Waals surface area contributed by atoms with Gasteiger partial charge in [-0.1, -0.05) is 6.42 Å². The highest BCUT2D eigenvalue weighted by atomic mass is 32.2. The molecule has 0 radical (unpaired) electrons. The largest absolute Gasteiger partial charge is 0.466 e. The fourth-order valence-electron chi connectivity index (χ4n) is 1.71. The molecule has 0 aromatic heterocycles. The maximum absolute atomic E-state index is 14.6. The first-order chi connectivity index (χ1) is 10.00. The number of hydrogen-bond acceptors (Lipinski definition) is 4. The summed E-state index contributed by atoms with van der Waals surface area (Å²) in [6.45, 7) is 0. The van der Waals surface area contributed by atoms with Crippen LogP contribution in [0.5, 0.6) is 0 Å². The van der Waals surface area contributed by atoms with E-state index in [-0.39, 0.29) is 6.42 Å². The molecule has 9 heteroatoms. The van der Waals surface area contributed by atoms with E-state index in [9.17, 15) is 30.8 Å². The van der Waals surface area contributed by atoms with Gasteiger partial charge in [0.25, 0.3) is 0 Å². The van der Waals surface area contributed by atoms with Crippen LogP contribution < -0.4 is 0 Å². The van der Waals surface area contributed by atoms with Crippen LogP contribution >= 0.6 is 0 Å². The Labute approximate surface area is 127 Å². The number of terminal acetylenes is 1. The molecule has 0 aromatic rings. The lowest BCUT2D eigenvalue weighted by molar-refractivity contribution is -0.149. The lowest BCUT2D eigenvalue weighted by atomic mass is 10.1. The van der Waals surface area contributed by atoms with Crippen molar-refractivity contribution in [1.82, 2.24) is 0 Å². The van der Waals surface area contributed by atoms with Crippen molar-refractivity contribution in [3.63, 3.8) is 0 Å². The first kappa shape index (κ1) is 20.7. The van der Waals surface area contributed by atoms with Gasteiger partial charge in [0.2, 0.25) is 0 Å². The Morgan fingerprint density at radius 1 is 1.14 bits per heavy atom. The van der Waals surface area contributed by atoms with Crippen LogP contribution in [0.15, 0.2) is 0 Å². The Kier molecular flexibility index (Phi) is 7.87. The third kappa shape index (κ3) is 6.22. The van der Waals surface area contributed by atoms with Crippen LogP contribution in [0.1, 0.15) is 38.5 Å². The number of alkyl halides is 4. The van der Waals surface area contributed by atoms with E-state index in [1.807, 2.05) is 0 Å². The summed E-state index contributed by atoms with van der Waals surface area (Å²) in [6, 6.07) is 0. The van der Waals surface area contributed by atoms with Gasteiger partial charge in [0.15, 0.2) is 9.84 Å². The maximum Gasteiger partial charge on any atom is 0.390 e. The summed E-state index contributed by atoms with van der Waals surface area (Å²) in [5.74, 6) is -0.872. The molecular weight excluding hydrogens is 328 g/mol. The summed E-state index contributed by atoms with van der Waals surface area (Å²) in [5, 5.41) is -3.47. The summed E-state index contributed by atoms with van der Waals surface area (Å²) in [6.07, 6.45) is -1.01. The van der Waals surface area contributed by atoms with E-state index in [0.29, 0.717) is 19.3 Å². The first-order valence-electron chi connectivity index (χ1n) is 6.50. The number of halogens is 4. The molecule has 22 heavy (non-hydrogen) atoms. The van der Waals surface area contributed by atoms with Gasteiger partial charge in [-0.2, -0.15) is 13.2 Å². The van der Waals surface area contributed by atoms with E-state index in [2.05, 4.69) is 10.7 Å². The van der Waals surface area contributed by atoms with Gasteiger partial charge in [0, 0.05) is 12.8 Å². The predicted molar refractivity (Wildman–Crippen MR) is 72.2 cm³/mol. The third-order valence-corrected chi connectivity index (χ3v) is 5.06. The van der Waals surface area contributed by atoms with E-state index in [4.69, 9.17) is 6.42 Å². The van der Waals surface area contributed by atoms with Gasteiger partial charge < -0.3 is 4.74 Å². The minimum Gasteiger partial charge on any atom is -0.466 e. The van der Waals surface area contributed by atoms with E-state index in [1.165, 1.54) is 0 Å². The molecule has 0 N–H and O–H groups in total. The zero-order valence-electron chi connectivity index (χ0n) is 12.1. The number of esters is 1. The minimum atomic E-state index is -4.96. The van der Waals surface area contributed by atoms with E-state index in [1.54, 1.807) is 0 Å². The van der Waals surface area contributed by atoms with Crippen molar-refractivity contribution in [3.05, 3.63) is 0 Å². The van der Waals surface area contributed by atoms with Gasteiger partial charge in [-0.25, -0.2) is 17.6 Å². The molecule has 128 valence electrons. The standard InChI is InChI=1S/C13H18F4O4S/c1-3-4-5-6-7-8-12(14,11(18)21-2)22(19,20)10-9-13(15,16)17/h1H,4-10H2,2H3. The normalized spacial score (nSPS) is 14.9. The molecule has 0 aliphatic carbocycles. The predicted octanol–water partition coefficient (Wildman–Crippen LogP) is 2.78. The molecule has 0 spiro atoms. The molecule has 0 fully saturated rings. The topological polar surface area (TPSA) is 60.4 Å². The number of unbranched alkanes of at least 4 members (excludes halogenated alkanes) is 3. The van der Waals surface area contributed by atoms with Gasteiger partial charge in [-0.05, 0) is 12.8 Å². The smallest absolute Gasteiger partial charge is 0.390 e. The van der Waals surface area contributed by atoms with Crippen LogP contribution in [-0.4, -0.2) is 38.4 Å². The maximum atomic E-state index is 14.6. The van der Waals surface area contributed by atoms with Crippen molar-refractivity contribution in [2.24, 2.45) is 0 Å². The van der Waals surface area contributed by atoms with Crippen molar-refractivity contribution in [2.45, 2.75) is 49.7 Å². The fraction of sp³-hybridized carbons (Fsp3) is 0.769. The van der Waals surface area contributed by atoms with Crippen LogP contribution in [0.25, 0.3) is 0 Å². The molecule has 0 saturated heterocycles. The quantitative estimate of drug-likeness (QED) is 0.279. The van der Waals surface area contributed by atoms with Crippen LogP contribution in [-0.2, 0) is 19.4 Å². The van der Waals surface area contributed by atoms with Gasteiger partial charge in [-0.15, -0.1) is 12.3 Å². The number of carbonyl (C=O) groups excluding carboxylic acids is 1. The van der Waals surface area contributed by atoms with Crippen molar-refractivity contribution in [3.8, 4) is 12.3 Å². The first-order valence-corrected chi connectivity index (χ1v) is 8.15. The average molecular weight is 346 g/mol. The van der Waals surface area contributed by atoms with E-state index >= 15 is 0 Å². The van der Waals surface area contributed by atoms with Crippen LogP contribution in [0.4, 0.5) is 17.6 Å². The Bertz CT molecular complexity index is 507. The molecule has 4 nitrogen and oxygen atoms in total. The highest BCUT2D eigenvalue weighted by Crippen LogP contribution is 2.32. The third-order valence-electron chi connectivity index (χ3n) is 2.96. The summed E-state index contributed by atoms with van der Waals surface area (Å²) < 4.78 is 78.7. The number of methoxy groups -OCH3 is 1. The molecule has 0 heterocycles. The average Bonchev–Trinajstić information content (AvgIpc) is 2.43. The fourth-order valence-corrected chi connectivity index (χ4v) is 3.32. The van der Waals surface area contributed by atoms with E-state index in [0.717, 1.165) is 7.11 Å². The van der Waals surface area contributed by atoms with Crippen molar-refractivity contribution in [2.75, 3.05) is 12.9 Å². The number of rotatable bonds is 9. The molecule has 0 rings (SSSR count). The zero-order chi connectivity index (χ0) is 17.4. The van der Waals surface area contributed by atoms with Gasteiger partial charge >= 0.3 is 17.1 Å². The summed E-state index contributed by atoms with van der Waals surface area (Å²) >= 11 is 0. The van der Waals surface area contributed by atoms with E-state index < -0.39 is 45.6 Å². The molecule has 0 bridgehead atoms. The van der Waals surface area contributed by atoms with Crippen LogP contribution in [0, 0.1) is 12.3 Å². The molecule has 0 aromatic carbocycles. The molecule has 1 atom stereocenters. The number of ether oxygens (including phenoxy) is 1. The Morgan fingerprint density at radius 3 is 2.18 bits per heavy atom. The van der Waals surface area contributed by atoms with Crippen molar-refractivity contribution < 1.29 is 35.5 Å². The second kappa shape index (κ2) is 8.36. The van der Waals surface area contributed by atoms with Crippen LogP contribution in [0.3, 0.4) is 0 Å². The molecule has 0 saturated carbocycles. The van der Waals surface area contributed by atoms with Gasteiger partial charge in [-0.3, -0.25) is 0 Å². The monoisotopic (exact) mass is 346 g/mol. The lowest BCUT2D eigenvalue weighted by Crippen LogP contribution is -2.45. The molecule has 0 aliphatic heterocycles. The molecule has 1 unspecified atom stereocenters. The highest BCUT2D eigenvalue weighted by molar-refractivity contribution is 7.93. The number of hydrogen-bond donors (Lipinski definition) is 0. The van der Waals surface area contributed by atoms with Crippen LogP contribution in [0.2, 0.25) is 0 Å². The lowest BCUT2D eigenvalue weighted by Gasteiger charge is -2.23. The second-order valence-corrected chi connectivity index (χ2v) is 6.95. The number of carbonyl (C=O) groups is 1. The van der Waals surface area contributed by atoms with Gasteiger partial charge in [0.05, 0.1) is 19.3 Å². The highest BCUT2D eigenvalue weighted by Gasteiger charge is 2.52. The zero-order valence-corrected chi connectivity index (χ0v) is 12.9. The Balaban J connectivity index is 5.01.